The Morgan fingerprint density at radius 2 is 1.87 bits per heavy atom. The zero-order chi connectivity index (χ0) is 11.7. The van der Waals surface area contributed by atoms with Crippen molar-refractivity contribution >= 4 is 0 Å². The fraction of sp³-hybridized carbons (Fsp3) is 0.571. The summed E-state index contributed by atoms with van der Waals surface area (Å²) in [6, 6.07) is 0. The summed E-state index contributed by atoms with van der Waals surface area (Å²) in [5.74, 6) is 0. The van der Waals surface area contributed by atoms with Gasteiger partial charge in [-0.15, -0.1) is 6.58 Å². The maximum atomic E-state index is 9.48. The van der Waals surface area contributed by atoms with Crippen molar-refractivity contribution in [2.45, 2.75) is 52.6 Å². The van der Waals surface area contributed by atoms with E-state index in [1.54, 1.807) is 6.08 Å². The third-order valence-electron chi connectivity index (χ3n) is 2.27. The maximum absolute atomic E-state index is 9.48. The molecule has 0 amide bonds. The Hall–Kier alpha value is -0.820. The van der Waals surface area contributed by atoms with Crippen molar-refractivity contribution in [2.75, 3.05) is 0 Å². The fourth-order valence-electron chi connectivity index (χ4n) is 1.32. The number of aliphatic hydroxyl groups excluding tert-OH is 1. The van der Waals surface area contributed by atoms with E-state index in [0.717, 1.165) is 19.3 Å². The van der Waals surface area contributed by atoms with Gasteiger partial charge in [-0.2, -0.15) is 0 Å². The molecule has 86 valence electrons. The lowest BCUT2D eigenvalue weighted by molar-refractivity contribution is 0.181. The van der Waals surface area contributed by atoms with Crippen molar-refractivity contribution in [1.29, 1.82) is 0 Å². The molecule has 1 N–H and O–H groups in total. The van der Waals surface area contributed by atoms with Crippen molar-refractivity contribution < 1.29 is 5.11 Å². The molecule has 0 fully saturated rings. The van der Waals surface area contributed by atoms with Gasteiger partial charge in [0, 0.05) is 0 Å². The first-order valence-electron chi connectivity index (χ1n) is 5.64. The fourth-order valence-corrected chi connectivity index (χ4v) is 1.32. The predicted molar refractivity (Wildman–Crippen MR) is 67.9 cm³/mol. The monoisotopic (exact) mass is 208 g/mol. The molecule has 0 saturated heterocycles. The van der Waals surface area contributed by atoms with Gasteiger partial charge in [0.1, 0.15) is 0 Å². The number of rotatable bonds is 7. The second-order valence-electron chi connectivity index (χ2n) is 4.28. The number of hydrogen-bond donors (Lipinski definition) is 1. The molecule has 0 aromatic heterocycles. The zero-order valence-electron chi connectivity index (χ0n) is 10.3. The van der Waals surface area contributed by atoms with Crippen LogP contribution in [0, 0.1) is 0 Å². The molecular weight excluding hydrogens is 184 g/mol. The van der Waals surface area contributed by atoms with Gasteiger partial charge in [-0.25, -0.2) is 0 Å². The minimum absolute atomic E-state index is 0.263. The highest BCUT2D eigenvalue weighted by Gasteiger charge is 1.98. The van der Waals surface area contributed by atoms with Crippen molar-refractivity contribution in [1.82, 2.24) is 0 Å². The molecule has 1 nitrogen and oxygen atoms in total. The van der Waals surface area contributed by atoms with Gasteiger partial charge in [-0.1, -0.05) is 29.4 Å². The summed E-state index contributed by atoms with van der Waals surface area (Å²) >= 11 is 0. The van der Waals surface area contributed by atoms with Crippen LogP contribution < -0.4 is 0 Å². The third kappa shape index (κ3) is 9.48. The van der Waals surface area contributed by atoms with Crippen LogP contribution in [0.2, 0.25) is 0 Å². The lowest BCUT2D eigenvalue weighted by Crippen LogP contribution is -2.02. The van der Waals surface area contributed by atoms with Crippen LogP contribution in [0.15, 0.2) is 36.0 Å². The molecule has 0 spiro atoms. The van der Waals surface area contributed by atoms with Crippen LogP contribution >= 0.6 is 0 Å². The van der Waals surface area contributed by atoms with Crippen molar-refractivity contribution in [3.8, 4) is 0 Å². The van der Waals surface area contributed by atoms with E-state index in [0.29, 0.717) is 6.42 Å². The first-order valence-corrected chi connectivity index (χ1v) is 5.64. The third-order valence-corrected chi connectivity index (χ3v) is 2.27. The van der Waals surface area contributed by atoms with E-state index in [2.05, 4.69) is 39.5 Å². The van der Waals surface area contributed by atoms with Gasteiger partial charge in [0.2, 0.25) is 0 Å². The van der Waals surface area contributed by atoms with Gasteiger partial charge in [0.05, 0.1) is 6.10 Å². The van der Waals surface area contributed by atoms with Gasteiger partial charge in [-0.05, 0) is 46.5 Å². The highest BCUT2D eigenvalue weighted by Crippen LogP contribution is 2.09. The number of hydrogen-bond acceptors (Lipinski definition) is 1. The van der Waals surface area contributed by atoms with Crippen molar-refractivity contribution in [3.05, 3.63) is 36.0 Å². The summed E-state index contributed by atoms with van der Waals surface area (Å²) in [5.41, 5.74) is 2.73. The van der Waals surface area contributed by atoms with Crippen molar-refractivity contribution in [2.24, 2.45) is 0 Å². The van der Waals surface area contributed by atoms with Crippen LogP contribution in [0.1, 0.15) is 46.5 Å². The average molecular weight is 208 g/mol. The van der Waals surface area contributed by atoms with E-state index in [-0.39, 0.29) is 6.10 Å². The molecule has 0 aliphatic rings. The Balaban J connectivity index is 3.78. The molecule has 1 heteroatoms. The smallest absolute Gasteiger partial charge is 0.0609 e. The lowest BCUT2D eigenvalue weighted by Gasteiger charge is -2.05. The number of allylic oxidation sites excluding steroid dienone is 3. The second-order valence-corrected chi connectivity index (χ2v) is 4.28. The van der Waals surface area contributed by atoms with Crippen LogP contribution in [0.4, 0.5) is 0 Å². The Kier molecular flexibility index (Phi) is 8.02. The summed E-state index contributed by atoms with van der Waals surface area (Å²) in [7, 11) is 0. The first kappa shape index (κ1) is 14.2. The summed E-state index contributed by atoms with van der Waals surface area (Å²) in [6.07, 6.45) is 9.49. The molecule has 15 heavy (non-hydrogen) atoms. The Bertz CT molecular complexity index is 232. The quantitative estimate of drug-likeness (QED) is 0.627. The topological polar surface area (TPSA) is 20.2 Å². The van der Waals surface area contributed by atoms with E-state index in [1.807, 2.05) is 0 Å². The van der Waals surface area contributed by atoms with Gasteiger partial charge in [0.15, 0.2) is 0 Å². The zero-order valence-corrected chi connectivity index (χ0v) is 10.3. The minimum atomic E-state index is -0.263. The summed E-state index contributed by atoms with van der Waals surface area (Å²) in [4.78, 5) is 0. The molecule has 0 rings (SSSR count). The first-order chi connectivity index (χ1) is 7.06. The molecule has 0 heterocycles. The largest absolute Gasteiger partial charge is 0.392 e. The average Bonchev–Trinajstić information content (AvgIpc) is 2.14. The van der Waals surface area contributed by atoms with Crippen LogP contribution in [0.3, 0.4) is 0 Å². The van der Waals surface area contributed by atoms with E-state index < -0.39 is 0 Å². The van der Waals surface area contributed by atoms with Crippen molar-refractivity contribution in [3.63, 3.8) is 0 Å². The van der Waals surface area contributed by atoms with E-state index in [4.69, 9.17) is 0 Å². The van der Waals surface area contributed by atoms with E-state index in [9.17, 15) is 5.11 Å². The van der Waals surface area contributed by atoms with E-state index in [1.165, 1.54) is 11.1 Å². The van der Waals surface area contributed by atoms with Crippen LogP contribution in [0.25, 0.3) is 0 Å². The predicted octanol–water partition coefficient (Wildman–Crippen LogP) is 4.01. The molecule has 1 atom stereocenters. The minimum Gasteiger partial charge on any atom is -0.392 e. The Morgan fingerprint density at radius 1 is 1.20 bits per heavy atom. The maximum Gasteiger partial charge on any atom is 0.0609 e. The van der Waals surface area contributed by atoms with Gasteiger partial charge < -0.3 is 5.11 Å². The summed E-state index contributed by atoms with van der Waals surface area (Å²) in [6.45, 7) is 9.97. The standard InChI is InChI=1S/C14H24O/c1-5-7-14(15)11-10-13(4)9-6-8-12(2)3/h5,8,10,14-15H,1,6-7,9,11H2,2-4H3/b13-10+. The highest BCUT2D eigenvalue weighted by molar-refractivity contribution is 5.02. The normalized spacial score (nSPS) is 13.5. The molecule has 1 unspecified atom stereocenters. The van der Waals surface area contributed by atoms with Crippen LogP contribution in [-0.4, -0.2) is 11.2 Å². The highest BCUT2D eigenvalue weighted by atomic mass is 16.3. The molecule has 0 aromatic carbocycles. The van der Waals surface area contributed by atoms with Crippen LogP contribution in [0.5, 0.6) is 0 Å². The molecule has 0 bridgehead atoms. The molecular formula is C14H24O. The molecule has 0 aliphatic carbocycles. The van der Waals surface area contributed by atoms with E-state index >= 15 is 0 Å². The Labute approximate surface area is 94.2 Å². The van der Waals surface area contributed by atoms with Gasteiger partial charge >= 0.3 is 0 Å². The van der Waals surface area contributed by atoms with Crippen LogP contribution in [-0.2, 0) is 0 Å². The molecule has 0 aliphatic heterocycles. The summed E-state index contributed by atoms with van der Waals surface area (Å²) in [5, 5.41) is 9.48. The molecule has 0 saturated carbocycles. The molecule has 0 aromatic rings. The van der Waals surface area contributed by atoms with Gasteiger partial charge in [0.25, 0.3) is 0 Å². The van der Waals surface area contributed by atoms with Gasteiger partial charge in [-0.3, -0.25) is 0 Å². The number of aliphatic hydroxyl groups is 1. The summed E-state index contributed by atoms with van der Waals surface area (Å²) < 4.78 is 0. The lowest BCUT2D eigenvalue weighted by atomic mass is 10.1. The SMILES string of the molecule is C=CCC(O)C/C=C(\C)CCC=C(C)C. The molecule has 0 radical (unpaired) electrons. The second kappa shape index (κ2) is 8.49. The Morgan fingerprint density at radius 3 is 2.40 bits per heavy atom.